The van der Waals surface area contributed by atoms with Crippen molar-refractivity contribution in [1.82, 2.24) is 24.8 Å². The van der Waals surface area contributed by atoms with E-state index in [0.29, 0.717) is 36.1 Å². The van der Waals surface area contributed by atoms with Gasteiger partial charge in [0.25, 0.3) is 5.56 Å². The van der Waals surface area contributed by atoms with E-state index in [1.54, 1.807) is 38.6 Å². The fourth-order valence-electron chi connectivity index (χ4n) is 4.31. The Labute approximate surface area is 188 Å². The monoisotopic (exact) mass is 460 g/mol. The zero-order valence-electron chi connectivity index (χ0n) is 17.7. The summed E-state index contributed by atoms with van der Waals surface area (Å²) in [7, 11) is 3.38. The minimum Gasteiger partial charge on any atom is -0.379 e. The van der Waals surface area contributed by atoms with Gasteiger partial charge in [-0.25, -0.2) is 13.8 Å². The summed E-state index contributed by atoms with van der Waals surface area (Å²) in [4.78, 5) is 14.8. The van der Waals surface area contributed by atoms with Crippen molar-refractivity contribution in [3.05, 3.63) is 57.3 Å². The summed E-state index contributed by atoms with van der Waals surface area (Å²) in [5, 5.41) is 12.7. The molecule has 1 atom stereocenters. The number of nitrogens with zero attached hydrogens (tertiary/aromatic N) is 6. The summed E-state index contributed by atoms with van der Waals surface area (Å²) >= 11 is 5.86. The van der Waals surface area contributed by atoms with E-state index in [2.05, 4.69) is 20.3 Å². The van der Waals surface area contributed by atoms with E-state index < -0.39 is 5.82 Å². The number of ether oxygens (including phenoxy) is 2. The van der Waals surface area contributed by atoms with Crippen LogP contribution in [0.4, 0.5) is 10.1 Å². The smallest absolute Gasteiger partial charge is 0.269 e. The highest BCUT2D eigenvalue weighted by molar-refractivity contribution is 6.30. The molecule has 2 saturated heterocycles. The van der Waals surface area contributed by atoms with E-state index in [1.165, 1.54) is 15.4 Å². The van der Waals surface area contributed by atoms with Gasteiger partial charge in [-0.15, -0.1) is 5.10 Å². The van der Waals surface area contributed by atoms with Gasteiger partial charge in [0.15, 0.2) is 0 Å². The Kier molecular flexibility index (Phi) is 5.23. The highest BCUT2D eigenvalue weighted by Crippen LogP contribution is 2.38. The molecule has 2 fully saturated rings. The first-order valence-electron chi connectivity index (χ1n) is 10.2. The first-order chi connectivity index (χ1) is 15.4. The summed E-state index contributed by atoms with van der Waals surface area (Å²) in [6.07, 6.45) is 2.63. The highest BCUT2D eigenvalue weighted by Gasteiger charge is 2.50. The normalized spacial score (nSPS) is 19.5. The second-order valence-corrected chi connectivity index (χ2v) is 8.69. The largest absolute Gasteiger partial charge is 0.379 e. The Bertz CT molecular complexity index is 1220. The van der Waals surface area contributed by atoms with Crippen molar-refractivity contribution in [2.24, 2.45) is 7.05 Å². The third-order valence-corrected chi connectivity index (χ3v) is 6.35. The summed E-state index contributed by atoms with van der Waals surface area (Å²) < 4.78 is 28.5. The second-order valence-electron chi connectivity index (χ2n) is 8.25. The van der Waals surface area contributed by atoms with Gasteiger partial charge in [0.1, 0.15) is 17.1 Å². The van der Waals surface area contributed by atoms with Gasteiger partial charge in [-0.1, -0.05) is 16.8 Å². The SMILES string of the molecule is CO[C@@H]1COC2(C1)CN(c1cnn(Cc3c(-c4ccc(Cl)cc4F)nnn3C)c(=O)c1)C2. The zero-order chi connectivity index (χ0) is 22.5. The number of hydrogen-bond donors (Lipinski definition) is 0. The summed E-state index contributed by atoms with van der Waals surface area (Å²) in [5.74, 6) is -0.508. The Morgan fingerprint density at radius 3 is 2.84 bits per heavy atom. The average molecular weight is 461 g/mol. The molecule has 2 aliphatic heterocycles. The number of aromatic nitrogens is 5. The lowest BCUT2D eigenvalue weighted by molar-refractivity contribution is -0.0209. The molecule has 9 nitrogen and oxygen atoms in total. The molecule has 2 aromatic heterocycles. The predicted octanol–water partition coefficient (Wildman–Crippen LogP) is 1.87. The van der Waals surface area contributed by atoms with Crippen LogP contribution in [0.1, 0.15) is 12.1 Å². The topological polar surface area (TPSA) is 87.3 Å². The molecular weight excluding hydrogens is 439 g/mol. The maximum atomic E-state index is 14.4. The molecular formula is C21H22ClFN6O3. The molecule has 1 aromatic carbocycles. The number of hydrogen-bond acceptors (Lipinski definition) is 7. The quantitative estimate of drug-likeness (QED) is 0.574. The minimum atomic E-state index is -0.508. The fraction of sp³-hybridized carbons (Fsp3) is 0.429. The van der Waals surface area contributed by atoms with Crippen molar-refractivity contribution < 1.29 is 13.9 Å². The second kappa shape index (κ2) is 7.95. The number of benzene rings is 1. The number of rotatable bonds is 5. The minimum absolute atomic E-state index is 0.0998. The molecule has 32 heavy (non-hydrogen) atoms. The lowest BCUT2D eigenvalue weighted by atomic mass is 9.90. The van der Waals surface area contributed by atoms with Crippen molar-refractivity contribution in [2.45, 2.75) is 24.7 Å². The molecule has 0 unspecified atom stereocenters. The number of methoxy groups -OCH3 is 1. The molecule has 0 bridgehead atoms. The summed E-state index contributed by atoms with van der Waals surface area (Å²) in [6.45, 7) is 2.09. The van der Waals surface area contributed by atoms with Crippen molar-refractivity contribution in [2.75, 3.05) is 31.7 Å². The highest BCUT2D eigenvalue weighted by atomic mass is 35.5. The van der Waals surface area contributed by atoms with E-state index in [4.69, 9.17) is 21.1 Å². The molecule has 0 saturated carbocycles. The fourth-order valence-corrected chi connectivity index (χ4v) is 4.47. The lowest BCUT2D eigenvalue weighted by Crippen LogP contribution is -2.62. The van der Waals surface area contributed by atoms with Crippen LogP contribution in [0, 0.1) is 5.82 Å². The molecule has 0 radical (unpaired) electrons. The maximum Gasteiger partial charge on any atom is 0.269 e. The Hall–Kier alpha value is -2.82. The first-order valence-corrected chi connectivity index (χ1v) is 10.6. The molecule has 0 amide bonds. The van der Waals surface area contributed by atoms with Crippen LogP contribution in [-0.4, -0.2) is 63.3 Å². The van der Waals surface area contributed by atoms with Crippen LogP contribution < -0.4 is 10.5 Å². The molecule has 1 spiro atoms. The van der Waals surface area contributed by atoms with E-state index in [0.717, 1.165) is 12.1 Å². The van der Waals surface area contributed by atoms with E-state index in [1.807, 2.05) is 0 Å². The number of halogens is 2. The molecule has 0 aliphatic carbocycles. The van der Waals surface area contributed by atoms with Crippen molar-refractivity contribution in [1.29, 1.82) is 0 Å². The van der Waals surface area contributed by atoms with Crippen LogP contribution in [0.3, 0.4) is 0 Å². The van der Waals surface area contributed by atoms with Crippen LogP contribution >= 0.6 is 11.6 Å². The molecule has 11 heteroatoms. The molecule has 2 aliphatic rings. The van der Waals surface area contributed by atoms with Crippen LogP contribution in [-0.2, 0) is 23.1 Å². The van der Waals surface area contributed by atoms with Crippen molar-refractivity contribution >= 4 is 17.3 Å². The zero-order valence-corrected chi connectivity index (χ0v) is 18.4. The van der Waals surface area contributed by atoms with Crippen molar-refractivity contribution in [3.63, 3.8) is 0 Å². The lowest BCUT2D eigenvalue weighted by Gasteiger charge is -2.48. The molecule has 5 rings (SSSR count). The maximum absolute atomic E-state index is 14.4. The van der Waals surface area contributed by atoms with E-state index in [-0.39, 0.29) is 29.4 Å². The van der Waals surface area contributed by atoms with Crippen LogP contribution in [0.25, 0.3) is 11.3 Å². The van der Waals surface area contributed by atoms with Crippen LogP contribution in [0.2, 0.25) is 5.02 Å². The molecule has 4 heterocycles. The van der Waals surface area contributed by atoms with Gasteiger partial charge in [-0.3, -0.25) is 4.79 Å². The molecule has 3 aromatic rings. The first kappa shape index (κ1) is 21.0. The molecule has 0 N–H and O–H groups in total. The van der Waals surface area contributed by atoms with Gasteiger partial charge in [-0.2, -0.15) is 5.10 Å². The number of aryl methyl sites for hydroxylation is 1. The standard InChI is InChI=1S/C21H22ClFN6O3/c1-27-18(20(25-26-27)16-4-3-13(22)5-17(16)23)9-29-19(30)6-14(8-24-29)28-11-21(12-28)7-15(31-2)10-32-21/h3-6,8,15H,7,9-12H2,1-2H3/t15-/m0/s1. The average Bonchev–Trinajstić information content (AvgIpc) is 3.33. The third-order valence-electron chi connectivity index (χ3n) is 6.12. The van der Waals surface area contributed by atoms with Gasteiger partial charge < -0.3 is 14.4 Å². The van der Waals surface area contributed by atoms with E-state index in [9.17, 15) is 9.18 Å². The van der Waals surface area contributed by atoms with Crippen LogP contribution in [0.15, 0.2) is 35.3 Å². The number of anilines is 1. The Morgan fingerprint density at radius 1 is 1.34 bits per heavy atom. The van der Waals surface area contributed by atoms with Gasteiger partial charge in [0.05, 0.1) is 36.8 Å². The summed E-state index contributed by atoms with van der Waals surface area (Å²) in [5.41, 5.74) is 1.44. The Balaban J connectivity index is 1.35. The van der Waals surface area contributed by atoms with Gasteiger partial charge >= 0.3 is 0 Å². The summed E-state index contributed by atoms with van der Waals surface area (Å²) in [6, 6.07) is 5.90. The van der Waals surface area contributed by atoms with Gasteiger partial charge in [0.2, 0.25) is 0 Å². The van der Waals surface area contributed by atoms with Crippen LogP contribution in [0.5, 0.6) is 0 Å². The van der Waals surface area contributed by atoms with Gasteiger partial charge in [0, 0.05) is 50.3 Å². The molecule has 168 valence electrons. The van der Waals surface area contributed by atoms with Crippen molar-refractivity contribution in [3.8, 4) is 11.3 Å². The van der Waals surface area contributed by atoms with E-state index >= 15 is 0 Å². The Morgan fingerprint density at radius 2 is 2.16 bits per heavy atom. The van der Waals surface area contributed by atoms with Gasteiger partial charge in [-0.05, 0) is 18.2 Å². The third kappa shape index (κ3) is 3.68. The predicted molar refractivity (Wildman–Crippen MR) is 115 cm³/mol.